The van der Waals surface area contributed by atoms with E-state index < -0.39 is 33.4 Å². The highest BCUT2D eigenvalue weighted by Crippen LogP contribution is 2.13. The molecule has 128 valence electrons. The maximum absolute atomic E-state index is 13.0. The van der Waals surface area contributed by atoms with Crippen molar-refractivity contribution in [2.75, 3.05) is 11.9 Å². The standard InChI is InChI=1S/C15H13F3N2O3S/c16-10-1-4-12(5-2-10)24(22,23)19-8-7-15(21)20-11-3-6-13(17)14(18)9-11/h1-6,9,19H,7-8H2,(H,20,21). The topological polar surface area (TPSA) is 75.3 Å². The Balaban J connectivity index is 1.87. The van der Waals surface area contributed by atoms with Gasteiger partial charge < -0.3 is 5.32 Å². The van der Waals surface area contributed by atoms with E-state index in [0.717, 1.165) is 36.4 Å². The molecule has 0 spiro atoms. The summed E-state index contributed by atoms with van der Waals surface area (Å²) < 4.78 is 64.6. The van der Waals surface area contributed by atoms with E-state index in [4.69, 9.17) is 0 Å². The Morgan fingerprint density at radius 1 is 0.958 bits per heavy atom. The molecule has 5 nitrogen and oxygen atoms in total. The van der Waals surface area contributed by atoms with Crippen LogP contribution in [0, 0.1) is 17.5 Å². The molecule has 0 fully saturated rings. The summed E-state index contributed by atoms with van der Waals surface area (Å²) in [4.78, 5) is 11.5. The van der Waals surface area contributed by atoms with Crippen LogP contribution in [-0.2, 0) is 14.8 Å². The molecule has 0 heterocycles. The molecule has 0 aliphatic rings. The Hall–Kier alpha value is -2.39. The Morgan fingerprint density at radius 2 is 1.62 bits per heavy atom. The predicted molar refractivity (Wildman–Crippen MR) is 81.2 cm³/mol. The molecular formula is C15H13F3N2O3S. The molecule has 2 rings (SSSR count). The third-order valence-corrected chi connectivity index (χ3v) is 4.45. The fourth-order valence-corrected chi connectivity index (χ4v) is 2.83. The van der Waals surface area contributed by atoms with Crippen molar-refractivity contribution in [3.05, 3.63) is 59.9 Å². The highest BCUT2D eigenvalue weighted by molar-refractivity contribution is 7.89. The molecule has 0 aliphatic carbocycles. The lowest BCUT2D eigenvalue weighted by atomic mass is 10.3. The minimum absolute atomic E-state index is 0.0558. The van der Waals surface area contributed by atoms with E-state index in [1.807, 2.05) is 0 Å². The van der Waals surface area contributed by atoms with E-state index >= 15 is 0 Å². The maximum Gasteiger partial charge on any atom is 0.240 e. The van der Waals surface area contributed by atoms with Crippen LogP contribution in [0.5, 0.6) is 0 Å². The minimum atomic E-state index is -3.86. The molecule has 24 heavy (non-hydrogen) atoms. The van der Waals surface area contributed by atoms with Crippen molar-refractivity contribution in [2.45, 2.75) is 11.3 Å². The number of hydrogen-bond donors (Lipinski definition) is 2. The van der Waals surface area contributed by atoms with Crippen LogP contribution >= 0.6 is 0 Å². The number of sulfonamides is 1. The quantitative estimate of drug-likeness (QED) is 0.833. The molecule has 1 amide bonds. The lowest BCUT2D eigenvalue weighted by Gasteiger charge is -2.08. The zero-order valence-corrected chi connectivity index (χ0v) is 13.0. The first-order chi connectivity index (χ1) is 11.3. The highest BCUT2D eigenvalue weighted by atomic mass is 32.2. The Bertz CT molecular complexity index is 840. The van der Waals surface area contributed by atoms with Gasteiger partial charge in [0, 0.05) is 24.7 Å². The van der Waals surface area contributed by atoms with Gasteiger partial charge in [0.2, 0.25) is 15.9 Å². The average Bonchev–Trinajstić information content (AvgIpc) is 2.51. The van der Waals surface area contributed by atoms with Crippen molar-refractivity contribution in [1.82, 2.24) is 4.72 Å². The Morgan fingerprint density at radius 3 is 2.25 bits per heavy atom. The van der Waals surface area contributed by atoms with Crippen molar-refractivity contribution >= 4 is 21.6 Å². The lowest BCUT2D eigenvalue weighted by molar-refractivity contribution is -0.116. The number of rotatable bonds is 6. The molecule has 0 aliphatic heterocycles. The summed E-state index contributed by atoms with van der Waals surface area (Å²) in [5.74, 6) is -3.30. The molecule has 0 bridgehead atoms. The monoisotopic (exact) mass is 358 g/mol. The van der Waals surface area contributed by atoms with Crippen molar-refractivity contribution in [2.24, 2.45) is 0 Å². The summed E-state index contributed by atoms with van der Waals surface area (Å²) >= 11 is 0. The molecule has 0 radical (unpaired) electrons. The minimum Gasteiger partial charge on any atom is -0.326 e. The van der Waals surface area contributed by atoms with Gasteiger partial charge in [0.1, 0.15) is 5.82 Å². The normalized spacial score (nSPS) is 11.3. The first-order valence-electron chi connectivity index (χ1n) is 6.78. The van der Waals surface area contributed by atoms with Crippen molar-refractivity contribution in [3.8, 4) is 0 Å². The van der Waals surface area contributed by atoms with Gasteiger partial charge in [0.15, 0.2) is 11.6 Å². The molecule has 0 atom stereocenters. The SMILES string of the molecule is O=C(CCNS(=O)(=O)c1ccc(F)cc1)Nc1ccc(F)c(F)c1. The smallest absolute Gasteiger partial charge is 0.240 e. The first-order valence-corrected chi connectivity index (χ1v) is 8.26. The van der Waals surface area contributed by atoms with Crippen LogP contribution in [0.4, 0.5) is 18.9 Å². The number of benzene rings is 2. The number of carbonyl (C=O) groups is 1. The van der Waals surface area contributed by atoms with Gasteiger partial charge in [-0.05, 0) is 36.4 Å². The zero-order valence-electron chi connectivity index (χ0n) is 12.2. The molecule has 0 saturated heterocycles. The average molecular weight is 358 g/mol. The van der Waals surface area contributed by atoms with Crippen LogP contribution in [0.1, 0.15) is 6.42 Å². The number of anilines is 1. The van der Waals surface area contributed by atoms with E-state index in [0.29, 0.717) is 0 Å². The molecule has 2 N–H and O–H groups in total. The summed E-state index contributed by atoms with van der Waals surface area (Å²) in [6.45, 7) is -0.213. The molecule has 2 aromatic carbocycles. The van der Waals surface area contributed by atoms with Crippen molar-refractivity contribution in [3.63, 3.8) is 0 Å². The van der Waals surface area contributed by atoms with Crippen LogP contribution < -0.4 is 10.0 Å². The maximum atomic E-state index is 13.0. The second-order valence-electron chi connectivity index (χ2n) is 4.78. The van der Waals surface area contributed by atoms with Gasteiger partial charge in [-0.15, -0.1) is 0 Å². The number of carbonyl (C=O) groups excluding carboxylic acids is 1. The third-order valence-electron chi connectivity index (χ3n) is 2.97. The van der Waals surface area contributed by atoms with Gasteiger partial charge in [-0.1, -0.05) is 0 Å². The van der Waals surface area contributed by atoms with Gasteiger partial charge in [0.05, 0.1) is 4.90 Å². The number of halogens is 3. The van der Waals surface area contributed by atoms with Gasteiger partial charge in [-0.2, -0.15) is 0 Å². The van der Waals surface area contributed by atoms with E-state index in [9.17, 15) is 26.4 Å². The van der Waals surface area contributed by atoms with Crippen LogP contribution in [0.2, 0.25) is 0 Å². The van der Waals surface area contributed by atoms with Crippen molar-refractivity contribution < 1.29 is 26.4 Å². The van der Waals surface area contributed by atoms with E-state index in [1.54, 1.807) is 0 Å². The fraction of sp³-hybridized carbons (Fsp3) is 0.133. The van der Waals surface area contributed by atoms with Crippen LogP contribution in [-0.4, -0.2) is 20.9 Å². The molecule has 0 unspecified atom stereocenters. The molecule has 2 aromatic rings. The van der Waals surface area contributed by atoms with Gasteiger partial charge in [-0.3, -0.25) is 4.79 Å². The largest absolute Gasteiger partial charge is 0.326 e. The van der Waals surface area contributed by atoms with Gasteiger partial charge >= 0.3 is 0 Å². The molecule has 9 heteroatoms. The number of nitrogens with one attached hydrogen (secondary N) is 2. The van der Waals surface area contributed by atoms with E-state index in [1.165, 1.54) is 6.07 Å². The summed E-state index contributed by atoms with van der Waals surface area (Å²) in [6, 6.07) is 7.06. The number of hydrogen-bond acceptors (Lipinski definition) is 3. The Kier molecular flexibility index (Phi) is 5.58. The summed E-state index contributed by atoms with van der Waals surface area (Å²) in [5.41, 5.74) is 0.0558. The van der Waals surface area contributed by atoms with Crippen LogP contribution in [0.15, 0.2) is 47.4 Å². The second kappa shape index (κ2) is 7.45. The third kappa shape index (κ3) is 4.80. The Labute approximate surface area is 136 Å². The predicted octanol–water partition coefficient (Wildman–Crippen LogP) is 2.41. The summed E-state index contributed by atoms with van der Waals surface area (Å²) in [5, 5.41) is 2.31. The van der Waals surface area contributed by atoms with E-state index in [-0.39, 0.29) is 23.5 Å². The first kappa shape index (κ1) is 18.0. The van der Waals surface area contributed by atoms with Gasteiger partial charge in [0.25, 0.3) is 0 Å². The highest BCUT2D eigenvalue weighted by Gasteiger charge is 2.14. The number of amides is 1. The molecule has 0 saturated carbocycles. The second-order valence-corrected chi connectivity index (χ2v) is 6.55. The fourth-order valence-electron chi connectivity index (χ4n) is 1.79. The summed E-state index contributed by atoms with van der Waals surface area (Å²) in [7, 11) is -3.86. The van der Waals surface area contributed by atoms with Gasteiger partial charge in [-0.25, -0.2) is 26.3 Å². The van der Waals surface area contributed by atoms with Crippen LogP contribution in [0.25, 0.3) is 0 Å². The molecule has 0 aromatic heterocycles. The molecular weight excluding hydrogens is 345 g/mol. The zero-order chi connectivity index (χ0) is 17.7. The summed E-state index contributed by atoms with van der Waals surface area (Å²) in [6.07, 6.45) is -0.223. The van der Waals surface area contributed by atoms with Crippen LogP contribution in [0.3, 0.4) is 0 Å². The van der Waals surface area contributed by atoms with E-state index in [2.05, 4.69) is 10.0 Å². The van der Waals surface area contributed by atoms with Crippen molar-refractivity contribution in [1.29, 1.82) is 0 Å². The lowest BCUT2D eigenvalue weighted by Crippen LogP contribution is -2.27.